The first-order valence-corrected chi connectivity index (χ1v) is 6.88. The van der Waals surface area contributed by atoms with Crippen molar-refractivity contribution < 1.29 is 9.59 Å². The van der Waals surface area contributed by atoms with E-state index in [2.05, 4.69) is 25.4 Å². The number of amides is 2. The lowest BCUT2D eigenvalue weighted by Gasteiger charge is -2.36. The van der Waals surface area contributed by atoms with Crippen LogP contribution in [0, 0.1) is 0 Å². The van der Waals surface area contributed by atoms with Gasteiger partial charge in [0.25, 0.3) is 0 Å². The molecule has 1 heterocycles. The topological polar surface area (TPSA) is 49.4 Å². The van der Waals surface area contributed by atoms with Gasteiger partial charge in [0.05, 0.1) is 13.1 Å². The van der Waals surface area contributed by atoms with Crippen LogP contribution in [0.5, 0.6) is 0 Å². The maximum absolute atomic E-state index is 11.3. The summed E-state index contributed by atoms with van der Waals surface area (Å²) in [7, 11) is 0. The molecule has 0 unspecified atom stereocenters. The van der Waals surface area contributed by atoms with E-state index in [1.165, 1.54) is 0 Å². The molecule has 0 atom stereocenters. The largest absolute Gasteiger partial charge is 0.294 e. The van der Waals surface area contributed by atoms with Crippen molar-refractivity contribution >= 4 is 23.6 Å². The molecule has 0 radical (unpaired) electrons. The molecule has 1 fully saturated rings. The highest BCUT2D eigenvalue weighted by Crippen LogP contribution is 2.31. The van der Waals surface area contributed by atoms with E-state index in [4.69, 9.17) is 0 Å². The van der Waals surface area contributed by atoms with Crippen LogP contribution in [0.15, 0.2) is 0 Å². The zero-order valence-electron chi connectivity index (χ0n) is 10.2. The summed E-state index contributed by atoms with van der Waals surface area (Å²) >= 11 is 1.83. The third kappa shape index (κ3) is 3.22. The molecule has 5 heteroatoms. The summed E-state index contributed by atoms with van der Waals surface area (Å²) in [5.41, 5.74) is 0. The fourth-order valence-corrected chi connectivity index (χ4v) is 2.93. The standard InChI is InChI=1S/C11H20N2O2S/c1-4-11(5-2,16-3)8-13-6-9(14)12-10(15)7-13/h4-8H2,1-3H3,(H,12,14,15). The number of rotatable bonds is 5. The number of hydrogen-bond donors (Lipinski definition) is 1. The number of imide groups is 1. The highest BCUT2D eigenvalue weighted by molar-refractivity contribution is 8.00. The Kier molecular flexibility index (Phi) is 4.80. The number of nitrogens with one attached hydrogen (secondary N) is 1. The molecule has 2 amide bonds. The van der Waals surface area contributed by atoms with Crippen molar-refractivity contribution in [2.45, 2.75) is 31.4 Å². The Morgan fingerprint density at radius 2 is 1.75 bits per heavy atom. The lowest BCUT2D eigenvalue weighted by molar-refractivity contribution is -0.136. The monoisotopic (exact) mass is 244 g/mol. The van der Waals surface area contributed by atoms with Gasteiger partial charge in [-0.25, -0.2) is 0 Å². The summed E-state index contributed by atoms with van der Waals surface area (Å²) in [5.74, 6) is -0.364. The molecule has 4 nitrogen and oxygen atoms in total. The van der Waals surface area contributed by atoms with Crippen LogP contribution in [0.25, 0.3) is 0 Å². The maximum atomic E-state index is 11.3. The second-order valence-electron chi connectivity index (χ2n) is 4.21. The molecule has 0 aromatic carbocycles. The Labute approximate surface area is 101 Å². The molecular weight excluding hydrogens is 224 g/mol. The smallest absolute Gasteiger partial charge is 0.240 e. The van der Waals surface area contributed by atoms with Crippen molar-refractivity contribution in [1.29, 1.82) is 0 Å². The van der Waals surface area contributed by atoms with Crippen molar-refractivity contribution in [1.82, 2.24) is 10.2 Å². The summed E-state index contributed by atoms with van der Waals surface area (Å²) in [4.78, 5) is 24.5. The highest BCUT2D eigenvalue weighted by atomic mass is 32.2. The Balaban J connectivity index is 2.64. The average molecular weight is 244 g/mol. The Hall–Kier alpha value is -0.550. The summed E-state index contributed by atoms with van der Waals surface area (Å²) in [5, 5.41) is 2.32. The van der Waals surface area contributed by atoms with Gasteiger partial charge in [0.1, 0.15) is 0 Å². The lowest BCUT2D eigenvalue weighted by Crippen LogP contribution is -2.54. The molecule has 16 heavy (non-hydrogen) atoms. The molecule has 0 bridgehead atoms. The number of hydrogen-bond acceptors (Lipinski definition) is 4. The van der Waals surface area contributed by atoms with Crippen LogP contribution in [0.4, 0.5) is 0 Å². The first-order chi connectivity index (χ1) is 7.55. The first-order valence-electron chi connectivity index (χ1n) is 5.65. The fourth-order valence-electron chi connectivity index (χ4n) is 2.04. The normalized spacial score (nSPS) is 18.7. The molecule has 1 saturated heterocycles. The first kappa shape index (κ1) is 13.5. The van der Waals surface area contributed by atoms with Gasteiger partial charge in [-0.3, -0.25) is 19.8 Å². The molecular formula is C11H20N2O2S. The summed E-state index contributed by atoms with van der Waals surface area (Å²) in [6, 6.07) is 0. The number of nitrogens with zero attached hydrogens (tertiary/aromatic N) is 1. The van der Waals surface area contributed by atoms with Gasteiger partial charge in [0.2, 0.25) is 11.8 Å². The van der Waals surface area contributed by atoms with E-state index < -0.39 is 0 Å². The molecule has 92 valence electrons. The molecule has 0 aromatic rings. The van der Waals surface area contributed by atoms with Crippen molar-refractivity contribution in [2.24, 2.45) is 0 Å². The SMILES string of the molecule is CCC(CC)(CN1CC(=O)NC(=O)C1)SC. The number of carbonyl (C=O) groups excluding carboxylic acids is 2. The van der Waals surface area contributed by atoms with E-state index in [0.717, 1.165) is 19.4 Å². The molecule has 1 N–H and O–H groups in total. The second-order valence-corrected chi connectivity index (χ2v) is 5.49. The zero-order valence-corrected chi connectivity index (χ0v) is 11.0. The van der Waals surface area contributed by atoms with E-state index in [-0.39, 0.29) is 16.6 Å². The summed E-state index contributed by atoms with van der Waals surface area (Å²) in [6.07, 6.45) is 4.20. The minimum Gasteiger partial charge on any atom is -0.294 e. The third-order valence-corrected chi connectivity index (χ3v) is 4.82. The van der Waals surface area contributed by atoms with Crippen molar-refractivity contribution in [3.63, 3.8) is 0 Å². The van der Waals surface area contributed by atoms with Crippen LogP contribution in [-0.2, 0) is 9.59 Å². The predicted molar refractivity (Wildman–Crippen MR) is 66.4 cm³/mol. The Morgan fingerprint density at radius 3 is 2.12 bits per heavy atom. The van der Waals surface area contributed by atoms with Crippen LogP contribution in [0.1, 0.15) is 26.7 Å². The molecule has 1 aliphatic heterocycles. The van der Waals surface area contributed by atoms with Crippen molar-refractivity contribution in [3.8, 4) is 0 Å². The number of piperazine rings is 1. The van der Waals surface area contributed by atoms with E-state index in [9.17, 15) is 9.59 Å². The van der Waals surface area contributed by atoms with Crippen LogP contribution in [0.3, 0.4) is 0 Å². The average Bonchev–Trinajstić information content (AvgIpc) is 2.25. The zero-order chi connectivity index (χ0) is 12.2. The van der Waals surface area contributed by atoms with Gasteiger partial charge in [-0.2, -0.15) is 11.8 Å². The maximum Gasteiger partial charge on any atom is 0.240 e. The Bertz CT molecular complexity index is 253. The van der Waals surface area contributed by atoms with Gasteiger partial charge in [0, 0.05) is 11.3 Å². The molecule has 1 rings (SSSR count). The van der Waals surface area contributed by atoms with Gasteiger partial charge in [-0.1, -0.05) is 13.8 Å². The number of carbonyl (C=O) groups is 2. The van der Waals surface area contributed by atoms with Gasteiger partial charge < -0.3 is 0 Å². The molecule has 0 spiro atoms. The van der Waals surface area contributed by atoms with E-state index in [1.807, 2.05) is 16.7 Å². The summed E-state index contributed by atoms with van der Waals surface area (Å²) < 4.78 is 0.165. The van der Waals surface area contributed by atoms with Crippen molar-refractivity contribution in [3.05, 3.63) is 0 Å². The van der Waals surface area contributed by atoms with Crippen molar-refractivity contribution in [2.75, 3.05) is 25.9 Å². The minimum absolute atomic E-state index is 0.165. The predicted octanol–water partition coefficient (Wildman–Crippen LogP) is 0.867. The van der Waals surface area contributed by atoms with Gasteiger partial charge in [0.15, 0.2) is 0 Å². The fraction of sp³-hybridized carbons (Fsp3) is 0.818. The molecule has 1 aliphatic rings. The van der Waals surface area contributed by atoms with Gasteiger partial charge in [-0.15, -0.1) is 0 Å². The van der Waals surface area contributed by atoms with Crippen LogP contribution < -0.4 is 5.32 Å². The summed E-state index contributed by atoms with van der Waals surface area (Å²) in [6.45, 7) is 5.81. The van der Waals surface area contributed by atoms with Crippen LogP contribution in [-0.4, -0.2) is 47.4 Å². The molecule has 0 saturated carbocycles. The highest BCUT2D eigenvalue weighted by Gasteiger charge is 2.31. The lowest BCUT2D eigenvalue weighted by atomic mass is 10.0. The van der Waals surface area contributed by atoms with E-state index in [1.54, 1.807) is 0 Å². The minimum atomic E-state index is -0.182. The molecule has 0 aromatic heterocycles. The Morgan fingerprint density at radius 1 is 1.25 bits per heavy atom. The van der Waals surface area contributed by atoms with Crippen LogP contribution >= 0.6 is 11.8 Å². The third-order valence-electron chi connectivity index (χ3n) is 3.25. The van der Waals surface area contributed by atoms with Crippen LogP contribution in [0.2, 0.25) is 0 Å². The van der Waals surface area contributed by atoms with E-state index in [0.29, 0.717) is 13.1 Å². The number of thioether (sulfide) groups is 1. The van der Waals surface area contributed by atoms with Gasteiger partial charge >= 0.3 is 0 Å². The van der Waals surface area contributed by atoms with E-state index >= 15 is 0 Å². The van der Waals surface area contributed by atoms with Gasteiger partial charge in [-0.05, 0) is 19.1 Å². The second kappa shape index (κ2) is 5.68. The quantitative estimate of drug-likeness (QED) is 0.729. The molecule has 0 aliphatic carbocycles.